The van der Waals surface area contributed by atoms with Crippen LogP contribution in [0, 0.1) is 11.7 Å². The first kappa shape index (κ1) is 24.3. The number of aromatic nitrogens is 2. The molecule has 2 heterocycles. The quantitative estimate of drug-likeness (QED) is 0.313. The zero-order valence-electron chi connectivity index (χ0n) is 18.5. The molecule has 32 heavy (non-hydrogen) atoms. The van der Waals surface area contributed by atoms with Crippen molar-refractivity contribution in [3.05, 3.63) is 64.3 Å². The molecule has 8 heteroatoms. The molecule has 1 aromatic carbocycles. The van der Waals surface area contributed by atoms with Crippen LogP contribution in [0.4, 0.5) is 4.39 Å². The van der Waals surface area contributed by atoms with Gasteiger partial charge in [0.2, 0.25) is 0 Å². The molecule has 3 aromatic rings. The molecule has 0 radical (unpaired) electrons. The molecule has 1 atom stereocenters. The number of halogens is 1. The van der Waals surface area contributed by atoms with Crippen molar-refractivity contribution >= 4 is 21.6 Å². The Morgan fingerprint density at radius 1 is 1.34 bits per heavy atom. The number of aliphatic hydroxyl groups is 1. The Morgan fingerprint density at radius 2 is 2.12 bits per heavy atom. The Bertz CT molecular complexity index is 1100. The van der Waals surface area contributed by atoms with Crippen molar-refractivity contribution in [2.75, 3.05) is 26.3 Å². The number of rotatable bonds is 12. The molecule has 6 nitrogen and oxygen atoms in total. The number of nitrogens with zero attached hydrogens (tertiary/aromatic N) is 2. The molecule has 0 aliphatic rings. The molecule has 0 bridgehead atoms. The largest absolute Gasteiger partial charge is 0.389 e. The maximum Gasteiger partial charge on any atom is 0.260 e. The molecule has 0 saturated heterocycles. The highest BCUT2D eigenvalue weighted by atomic mass is 32.1. The zero-order chi connectivity index (χ0) is 23.1. The second-order valence-electron chi connectivity index (χ2n) is 8.22. The molecule has 0 amide bonds. The number of aliphatic hydroxyl groups excluding tert-OH is 1. The van der Waals surface area contributed by atoms with E-state index in [1.54, 1.807) is 29.7 Å². The van der Waals surface area contributed by atoms with Gasteiger partial charge in [-0.05, 0) is 24.9 Å². The number of H-pyrrole nitrogens is 1. The smallest absolute Gasteiger partial charge is 0.260 e. The van der Waals surface area contributed by atoms with Crippen molar-refractivity contribution < 1.29 is 14.2 Å². The lowest BCUT2D eigenvalue weighted by Gasteiger charge is -2.25. The van der Waals surface area contributed by atoms with Gasteiger partial charge in [0, 0.05) is 23.1 Å². The van der Waals surface area contributed by atoms with Crippen molar-refractivity contribution in [1.82, 2.24) is 14.9 Å². The van der Waals surface area contributed by atoms with Crippen LogP contribution in [0.2, 0.25) is 0 Å². The summed E-state index contributed by atoms with van der Waals surface area (Å²) < 4.78 is 19.6. The van der Waals surface area contributed by atoms with Gasteiger partial charge in [0.1, 0.15) is 16.5 Å². The van der Waals surface area contributed by atoms with Gasteiger partial charge >= 0.3 is 0 Å². The number of fused-ring (bicyclic) bond motifs is 1. The van der Waals surface area contributed by atoms with Crippen LogP contribution in [0.25, 0.3) is 21.3 Å². The highest BCUT2D eigenvalue weighted by Gasteiger charge is 2.18. The number of hydrogen-bond donors (Lipinski definition) is 2. The third-order valence-electron chi connectivity index (χ3n) is 5.07. The van der Waals surface area contributed by atoms with E-state index in [2.05, 4.69) is 35.3 Å². The molecular formula is C24H30FN3O3S. The van der Waals surface area contributed by atoms with E-state index in [-0.39, 0.29) is 18.0 Å². The lowest BCUT2D eigenvalue weighted by Crippen LogP contribution is -2.36. The van der Waals surface area contributed by atoms with Crippen LogP contribution in [-0.2, 0) is 11.3 Å². The van der Waals surface area contributed by atoms with Crippen LogP contribution in [0.1, 0.15) is 26.1 Å². The Morgan fingerprint density at radius 3 is 2.84 bits per heavy atom. The van der Waals surface area contributed by atoms with E-state index in [1.807, 2.05) is 0 Å². The molecule has 0 spiro atoms. The maximum atomic E-state index is 14.3. The van der Waals surface area contributed by atoms with Crippen molar-refractivity contribution in [3.63, 3.8) is 0 Å². The molecule has 0 fully saturated rings. The van der Waals surface area contributed by atoms with Crippen molar-refractivity contribution in [3.8, 4) is 11.1 Å². The normalized spacial score (nSPS) is 12.7. The van der Waals surface area contributed by atoms with E-state index < -0.39 is 6.10 Å². The Labute approximate surface area is 191 Å². The SMILES string of the molecule is C=CCOCC(O)CN(CCC(C)C)Cc1nc2scc(-c3ccccc3F)c2c(=O)[nH]1. The molecule has 1 unspecified atom stereocenters. The van der Waals surface area contributed by atoms with Crippen LogP contribution in [0.3, 0.4) is 0 Å². The van der Waals surface area contributed by atoms with Crippen molar-refractivity contribution in [2.24, 2.45) is 5.92 Å². The van der Waals surface area contributed by atoms with Crippen LogP contribution in [0.15, 0.2) is 47.1 Å². The van der Waals surface area contributed by atoms with E-state index in [9.17, 15) is 14.3 Å². The maximum absolute atomic E-state index is 14.3. The summed E-state index contributed by atoms with van der Waals surface area (Å²) in [6, 6.07) is 6.41. The molecule has 3 rings (SSSR count). The van der Waals surface area contributed by atoms with Gasteiger partial charge in [-0.1, -0.05) is 38.1 Å². The first-order chi connectivity index (χ1) is 15.4. The minimum Gasteiger partial charge on any atom is -0.389 e. The number of nitrogens with one attached hydrogen (secondary N) is 1. The van der Waals surface area contributed by atoms with Gasteiger partial charge in [-0.2, -0.15) is 0 Å². The first-order valence-electron chi connectivity index (χ1n) is 10.7. The molecule has 2 aromatic heterocycles. The summed E-state index contributed by atoms with van der Waals surface area (Å²) in [6.45, 7) is 10.0. The lowest BCUT2D eigenvalue weighted by atomic mass is 10.1. The first-order valence-corrected chi connectivity index (χ1v) is 11.6. The zero-order valence-corrected chi connectivity index (χ0v) is 19.3. The predicted octanol–water partition coefficient (Wildman–Crippen LogP) is 4.20. The molecule has 2 N–H and O–H groups in total. The van der Waals surface area contributed by atoms with Crippen LogP contribution < -0.4 is 5.56 Å². The fourth-order valence-electron chi connectivity index (χ4n) is 3.47. The third-order valence-corrected chi connectivity index (χ3v) is 5.94. The van der Waals surface area contributed by atoms with E-state index in [1.165, 1.54) is 17.4 Å². The van der Waals surface area contributed by atoms with E-state index >= 15 is 0 Å². The van der Waals surface area contributed by atoms with Crippen LogP contribution in [0.5, 0.6) is 0 Å². The van der Waals surface area contributed by atoms with E-state index in [0.717, 1.165) is 13.0 Å². The van der Waals surface area contributed by atoms with Crippen molar-refractivity contribution in [1.29, 1.82) is 0 Å². The van der Waals surface area contributed by atoms with Gasteiger partial charge in [-0.3, -0.25) is 9.69 Å². The number of benzene rings is 1. The minimum atomic E-state index is -0.660. The average Bonchev–Trinajstić information content (AvgIpc) is 3.17. The molecule has 172 valence electrons. The number of thiophene rings is 1. The van der Waals surface area contributed by atoms with Crippen LogP contribution in [-0.4, -0.2) is 52.4 Å². The second-order valence-corrected chi connectivity index (χ2v) is 9.08. The summed E-state index contributed by atoms with van der Waals surface area (Å²) in [4.78, 5) is 23.0. The third kappa shape index (κ3) is 6.32. The Kier molecular flexibility index (Phi) is 8.69. The van der Waals surface area contributed by atoms with Gasteiger partial charge in [-0.15, -0.1) is 17.9 Å². The number of hydrogen-bond acceptors (Lipinski definition) is 6. The summed E-state index contributed by atoms with van der Waals surface area (Å²) in [7, 11) is 0. The molecule has 0 saturated carbocycles. The molecule has 0 aliphatic carbocycles. The second kappa shape index (κ2) is 11.5. The standard InChI is InChI=1S/C24H30FN3O3S/c1-4-11-31-14-17(29)12-28(10-9-16(2)3)13-21-26-23(30)22-19(15-32-24(22)27-21)18-7-5-6-8-20(18)25/h4-8,15-17,29H,1,9-14H2,2-3H3,(H,26,27,30). The number of ether oxygens (including phenoxy) is 1. The number of aromatic amines is 1. The van der Waals surface area contributed by atoms with Crippen molar-refractivity contribution in [2.45, 2.75) is 32.9 Å². The Balaban J connectivity index is 1.82. The Hall–Kier alpha value is -2.39. The van der Waals surface area contributed by atoms with Gasteiger partial charge in [0.25, 0.3) is 5.56 Å². The van der Waals surface area contributed by atoms with Crippen LogP contribution >= 0.6 is 11.3 Å². The van der Waals surface area contributed by atoms with Gasteiger partial charge in [-0.25, -0.2) is 9.37 Å². The predicted molar refractivity (Wildman–Crippen MR) is 127 cm³/mol. The fourth-order valence-corrected chi connectivity index (χ4v) is 4.43. The van der Waals surface area contributed by atoms with Gasteiger partial charge in [0.05, 0.1) is 31.2 Å². The topological polar surface area (TPSA) is 78.5 Å². The van der Waals surface area contributed by atoms with Gasteiger partial charge < -0.3 is 14.8 Å². The summed E-state index contributed by atoms with van der Waals surface area (Å²) in [5, 5.41) is 12.5. The summed E-state index contributed by atoms with van der Waals surface area (Å²) in [6.07, 6.45) is 1.93. The monoisotopic (exact) mass is 459 g/mol. The fraction of sp³-hybridized carbons (Fsp3) is 0.417. The van der Waals surface area contributed by atoms with E-state index in [0.29, 0.717) is 52.8 Å². The minimum absolute atomic E-state index is 0.212. The summed E-state index contributed by atoms with van der Waals surface area (Å²) in [5.74, 6) is 0.650. The summed E-state index contributed by atoms with van der Waals surface area (Å²) in [5.41, 5.74) is 0.651. The average molecular weight is 460 g/mol. The highest BCUT2D eigenvalue weighted by Crippen LogP contribution is 2.32. The summed E-state index contributed by atoms with van der Waals surface area (Å²) >= 11 is 1.32. The molecular weight excluding hydrogens is 429 g/mol. The van der Waals surface area contributed by atoms with E-state index in [4.69, 9.17) is 4.74 Å². The lowest BCUT2D eigenvalue weighted by molar-refractivity contribution is 0.0232. The highest BCUT2D eigenvalue weighted by molar-refractivity contribution is 7.17. The van der Waals surface area contributed by atoms with Gasteiger partial charge in [0.15, 0.2) is 0 Å². The molecule has 0 aliphatic heterocycles.